The van der Waals surface area contributed by atoms with Crippen LogP contribution in [0.5, 0.6) is 11.5 Å². The van der Waals surface area contributed by atoms with Crippen LogP contribution in [0.3, 0.4) is 0 Å². The molecule has 132 valence electrons. The van der Waals surface area contributed by atoms with Crippen molar-refractivity contribution in [3.8, 4) is 11.5 Å². The molecule has 0 unspecified atom stereocenters. The van der Waals surface area contributed by atoms with E-state index in [1.165, 1.54) is 24.3 Å². The van der Waals surface area contributed by atoms with E-state index < -0.39 is 18.2 Å². The van der Waals surface area contributed by atoms with Crippen molar-refractivity contribution in [1.29, 1.82) is 0 Å². The highest BCUT2D eigenvalue weighted by Gasteiger charge is 2.20. The number of amides is 1. The zero-order chi connectivity index (χ0) is 18.2. The van der Waals surface area contributed by atoms with Crippen molar-refractivity contribution in [2.24, 2.45) is 0 Å². The largest absolute Gasteiger partial charge is 0.508 e. The summed E-state index contributed by atoms with van der Waals surface area (Å²) in [4.78, 5) is 23.1. The van der Waals surface area contributed by atoms with Crippen LogP contribution in [0.15, 0.2) is 48.5 Å². The number of benzene rings is 2. The standard InChI is InChI=1S/C17H18N2O6/c1-24-14-8-2-11(3-9-14)10-25-17(23)19-15(16(21)22)18-12-4-6-13(20)7-5-12/h2-9,15,18,20H,10H2,1H3,(H,19,23)(H,21,22)/t15-/m0/s1. The molecule has 0 heterocycles. The van der Waals surface area contributed by atoms with Gasteiger partial charge in [0, 0.05) is 5.69 Å². The van der Waals surface area contributed by atoms with E-state index in [-0.39, 0.29) is 12.4 Å². The zero-order valence-electron chi connectivity index (χ0n) is 13.4. The van der Waals surface area contributed by atoms with E-state index in [1.54, 1.807) is 31.4 Å². The summed E-state index contributed by atoms with van der Waals surface area (Å²) in [5.41, 5.74) is 1.15. The van der Waals surface area contributed by atoms with Crippen LogP contribution in [0.25, 0.3) is 0 Å². The average molecular weight is 346 g/mol. The summed E-state index contributed by atoms with van der Waals surface area (Å²) in [6.07, 6.45) is -2.26. The Bertz CT molecular complexity index is 715. The minimum absolute atomic E-state index is 0.0125. The smallest absolute Gasteiger partial charge is 0.409 e. The number of methoxy groups -OCH3 is 1. The second-order valence-electron chi connectivity index (χ2n) is 5.03. The summed E-state index contributed by atoms with van der Waals surface area (Å²) >= 11 is 0. The summed E-state index contributed by atoms with van der Waals surface area (Å²) in [5.74, 6) is -0.559. The minimum atomic E-state index is -1.38. The van der Waals surface area contributed by atoms with Crippen molar-refractivity contribution in [1.82, 2.24) is 5.32 Å². The van der Waals surface area contributed by atoms with Crippen molar-refractivity contribution >= 4 is 17.7 Å². The molecule has 2 aromatic rings. The number of carboxylic acid groups (broad SMARTS) is 1. The average Bonchev–Trinajstić information content (AvgIpc) is 2.61. The maximum absolute atomic E-state index is 11.8. The summed E-state index contributed by atoms with van der Waals surface area (Å²) in [5, 5.41) is 23.2. The number of carbonyl (C=O) groups excluding carboxylic acids is 1. The first-order valence-electron chi connectivity index (χ1n) is 7.32. The van der Waals surface area contributed by atoms with E-state index in [0.717, 1.165) is 5.56 Å². The van der Waals surface area contributed by atoms with Gasteiger partial charge < -0.3 is 25.0 Å². The normalized spacial score (nSPS) is 11.2. The number of carbonyl (C=O) groups is 2. The van der Waals surface area contributed by atoms with Gasteiger partial charge in [0.05, 0.1) is 7.11 Å². The maximum atomic E-state index is 11.8. The van der Waals surface area contributed by atoms with Crippen molar-refractivity contribution < 1.29 is 29.3 Å². The molecule has 1 amide bonds. The molecule has 0 aliphatic rings. The number of aliphatic carboxylic acids is 1. The lowest BCUT2D eigenvalue weighted by atomic mass is 10.2. The number of hydrogen-bond donors (Lipinski definition) is 4. The number of hydrogen-bond acceptors (Lipinski definition) is 6. The molecule has 0 aromatic heterocycles. The summed E-state index contributed by atoms with van der Waals surface area (Å²) in [6.45, 7) is -0.0125. The van der Waals surface area contributed by atoms with Crippen LogP contribution in [0, 0.1) is 0 Å². The summed E-state index contributed by atoms with van der Waals surface area (Å²) in [7, 11) is 1.55. The van der Waals surface area contributed by atoms with Crippen LogP contribution in [-0.2, 0) is 16.1 Å². The lowest BCUT2D eigenvalue weighted by Gasteiger charge is -2.17. The number of rotatable bonds is 7. The molecule has 0 saturated carbocycles. The molecular weight excluding hydrogens is 328 g/mol. The molecule has 25 heavy (non-hydrogen) atoms. The predicted molar refractivity (Wildman–Crippen MR) is 89.5 cm³/mol. The van der Waals surface area contributed by atoms with Gasteiger partial charge in [-0.1, -0.05) is 12.1 Å². The Morgan fingerprint density at radius 1 is 1.08 bits per heavy atom. The van der Waals surface area contributed by atoms with E-state index >= 15 is 0 Å². The van der Waals surface area contributed by atoms with Crippen molar-refractivity contribution in [3.63, 3.8) is 0 Å². The molecule has 0 saturated heterocycles. The molecule has 2 rings (SSSR count). The van der Waals surface area contributed by atoms with Crippen LogP contribution in [-0.4, -0.2) is 35.6 Å². The van der Waals surface area contributed by atoms with Gasteiger partial charge in [-0.25, -0.2) is 9.59 Å². The van der Waals surface area contributed by atoms with Crippen LogP contribution in [0.1, 0.15) is 5.56 Å². The van der Waals surface area contributed by atoms with Crippen LogP contribution in [0.4, 0.5) is 10.5 Å². The summed E-state index contributed by atoms with van der Waals surface area (Å²) < 4.78 is 10.0. The molecule has 0 fully saturated rings. The highest BCUT2D eigenvalue weighted by atomic mass is 16.5. The highest BCUT2D eigenvalue weighted by molar-refractivity contribution is 5.82. The first-order chi connectivity index (χ1) is 12.0. The van der Waals surface area contributed by atoms with Gasteiger partial charge in [0.2, 0.25) is 6.17 Å². The second kappa shape index (κ2) is 8.44. The number of carboxylic acids is 1. The van der Waals surface area contributed by atoms with Crippen molar-refractivity contribution in [2.75, 3.05) is 12.4 Å². The molecular formula is C17H18N2O6. The van der Waals surface area contributed by atoms with E-state index in [1.807, 2.05) is 0 Å². The number of ether oxygens (including phenoxy) is 2. The van der Waals surface area contributed by atoms with Gasteiger partial charge >= 0.3 is 12.1 Å². The lowest BCUT2D eigenvalue weighted by molar-refractivity contribution is -0.138. The van der Waals surface area contributed by atoms with Gasteiger partial charge in [-0.2, -0.15) is 0 Å². The molecule has 2 aromatic carbocycles. The molecule has 8 heteroatoms. The van der Waals surface area contributed by atoms with Gasteiger partial charge in [-0.3, -0.25) is 5.32 Å². The Morgan fingerprint density at radius 3 is 2.28 bits per heavy atom. The summed E-state index contributed by atoms with van der Waals surface area (Å²) in [6, 6.07) is 12.7. The van der Waals surface area contributed by atoms with Crippen LogP contribution < -0.4 is 15.4 Å². The van der Waals surface area contributed by atoms with Gasteiger partial charge in [0.1, 0.15) is 18.1 Å². The number of alkyl carbamates (subject to hydrolysis) is 1. The lowest BCUT2D eigenvalue weighted by Crippen LogP contribution is -2.46. The number of anilines is 1. The van der Waals surface area contributed by atoms with E-state index in [9.17, 15) is 19.8 Å². The Labute approximate surface area is 144 Å². The van der Waals surface area contributed by atoms with Gasteiger partial charge in [0.15, 0.2) is 0 Å². The fraction of sp³-hybridized carbons (Fsp3) is 0.176. The molecule has 0 spiro atoms. The van der Waals surface area contributed by atoms with Crippen LogP contribution in [0.2, 0.25) is 0 Å². The van der Waals surface area contributed by atoms with Gasteiger partial charge in [-0.15, -0.1) is 0 Å². The molecule has 8 nitrogen and oxygen atoms in total. The third kappa shape index (κ3) is 5.61. The van der Waals surface area contributed by atoms with E-state index in [4.69, 9.17) is 9.47 Å². The zero-order valence-corrected chi connectivity index (χ0v) is 13.4. The molecule has 0 bridgehead atoms. The monoisotopic (exact) mass is 346 g/mol. The van der Waals surface area contributed by atoms with Crippen LogP contribution >= 0.6 is 0 Å². The molecule has 0 aliphatic heterocycles. The molecule has 4 N–H and O–H groups in total. The third-order valence-electron chi connectivity index (χ3n) is 3.22. The molecule has 0 aliphatic carbocycles. The first-order valence-corrected chi connectivity index (χ1v) is 7.32. The van der Waals surface area contributed by atoms with E-state index in [0.29, 0.717) is 11.4 Å². The highest BCUT2D eigenvalue weighted by Crippen LogP contribution is 2.14. The Morgan fingerprint density at radius 2 is 1.72 bits per heavy atom. The Hall–Kier alpha value is -3.42. The number of nitrogens with one attached hydrogen (secondary N) is 2. The maximum Gasteiger partial charge on any atom is 0.409 e. The van der Waals surface area contributed by atoms with Crippen molar-refractivity contribution in [3.05, 3.63) is 54.1 Å². The fourth-order valence-corrected chi connectivity index (χ4v) is 1.91. The third-order valence-corrected chi connectivity index (χ3v) is 3.22. The topological polar surface area (TPSA) is 117 Å². The number of phenols is 1. The quantitative estimate of drug-likeness (QED) is 0.448. The SMILES string of the molecule is COc1ccc(COC(=O)N[C@H](Nc2ccc(O)cc2)C(=O)O)cc1. The second-order valence-corrected chi connectivity index (χ2v) is 5.03. The number of phenolic OH excluding ortho intramolecular Hbond substituents is 1. The predicted octanol–water partition coefficient (Wildman–Crippen LogP) is 2.15. The first kappa shape index (κ1) is 17.9. The Balaban J connectivity index is 1.88. The Kier molecular flexibility index (Phi) is 6.05. The van der Waals surface area contributed by atoms with Gasteiger partial charge in [0.25, 0.3) is 0 Å². The minimum Gasteiger partial charge on any atom is -0.508 e. The molecule has 0 radical (unpaired) electrons. The van der Waals surface area contributed by atoms with Crippen molar-refractivity contribution in [2.45, 2.75) is 12.8 Å². The van der Waals surface area contributed by atoms with E-state index in [2.05, 4.69) is 10.6 Å². The van der Waals surface area contributed by atoms with Gasteiger partial charge in [-0.05, 0) is 42.0 Å². The molecule has 1 atom stereocenters. The fourth-order valence-electron chi connectivity index (χ4n) is 1.91. The number of aromatic hydroxyl groups is 1.